The summed E-state index contributed by atoms with van der Waals surface area (Å²) >= 11 is 0. The zero-order chi connectivity index (χ0) is 20.6. The van der Waals surface area contributed by atoms with Crippen LogP contribution >= 0.6 is 0 Å². The highest BCUT2D eigenvalue weighted by Gasteiger charge is 2.21. The molecule has 29 heavy (non-hydrogen) atoms. The Labute approximate surface area is 170 Å². The number of aromatic nitrogens is 1. The van der Waals surface area contributed by atoms with Crippen molar-refractivity contribution in [1.82, 2.24) is 9.88 Å². The first kappa shape index (κ1) is 20.4. The molecule has 3 rings (SSSR count). The topological polar surface area (TPSA) is 71.3 Å². The van der Waals surface area contributed by atoms with Crippen molar-refractivity contribution in [3.8, 4) is 16.9 Å². The van der Waals surface area contributed by atoms with Crippen molar-refractivity contribution in [2.75, 3.05) is 6.54 Å². The quantitative estimate of drug-likeness (QED) is 0.571. The molecule has 0 atom stereocenters. The van der Waals surface area contributed by atoms with E-state index in [1.54, 1.807) is 0 Å². The van der Waals surface area contributed by atoms with Crippen LogP contribution < -0.4 is 10.9 Å². The van der Waals surface area contributed by atoms with E-state index in [0.29, 0.717) is 30.6 Å². The van der Waals surface area contributed by atoms with E-state index in [0.717, 1.165) is 18.4 Å². The van der Waals surface area contributed by atoms with Gasteiger partial charge in [-0.2, -0.15) is 0 Å². The standard InChI is InChI=1S/C24H26N2O3/c1-2-3-15-25-23(28)22-21(27)17-20(19-12-8-5-9-13-19)24(29)26(22)16-14-18-10-6-4-7-11-18/h4-13,17,27H,2-3,14-16H2,1H3,(H,25,28). The Bertz CT molecular complexity index is 1010. The smallest absolute Gasteiger partial charge is 0.271 e. The molecule has 0 saturated heterocycles. The second-order valence-corrected chi connectivity index (χ2v) is 6.96. The third-order valence-corrected chi connectivity index (χ3v) is 4.85. The molecule has 2 N–H and O–H groups in total. The predicted octanol–water partition coefficient (Wildman–Crippen LogP) is 3.99. The lowest BCUT2D eigenvalue weighted by atomic mass is 10.1. The number of nitrogens with one attached hydrogen (secondary N) is 1. The highest BCUT2D eigenvalue weighted by Crippen LogP contribution is 2.23. The second kappa shape index (κ2) is 9.73. The van der Waals surface area contributed by atoms with E-state index in [1.165, 1.54) is 10.6 Å². The van der Waals surface area contributed by atoms with Gasteiger partial charge >= 0.3 is 0 Å². The van der Waals surface area contributed by atoms with Gasteiger partial charge in [0.2, 0.25) is 0 Å². The minimum Gasteiger partial charge on any atom is -0.506 e. The number of hydrogen-bond acceptors (Lipinski definition) is 3. The number of amides is 1. The molecule has 3 aromatic rings. The SMILES string of the molecule is CCCCNC(=O)c1c(O)cc(-c2ccccc2)c(=O)n1CCc1ccccc1. The van der Waals surface area contributed by atoms with Crippen LogP contribution in [0.3, 0.4) is 0 Å². The first-order valence-corrected chi connectivity index (χ1v) is 9.96. The Balaban J connectivity index is 2.03. The Kier molecular flexibility index (Phi) is 6.85. The number of benzene rings is 2. The van der Waals surface area contributed by atoms with Gasteiger partial charge in [0.25, 0.3) is 11.5 Å². The molecule has 0 aliphatic rings. The molecular formula is C24H26N2O3. The van der Waals surface area contributed by atoms with Gasteiger partial charge in [0, 0.05) is 13.1 Å². The number of aromatic hydroxyl groups is 1. The van der Waals surface area contributed by atoms with Gasteiger partial charge in [-0.25, -0.2) is 0 Å². The normalized spacial score (nSPS) is 10.7. The largest absolute Gasteiger partial charge is 0.506 e. The fourth-order valence-electron chi connectivity index (χ4n) is 3.28. The summed E-state index contributed by atoms with van der Waals surface area (Å²) in [6.07, 6.45) is 2.36. The van der Waals surface area contributed by atoms with Crippen LogP contribution in [0.5, 0.6) is 5.75 Å². The molecule has 1 heterocycles. The van der Waals surface area contributed by atoms with E-state index < -0.39 is 5.91 Å². The number of aryl methyl sites for hydroxylation is 1. The van der Waals surface area contributed by atoms with Crippen molar-refractivity contribution in [2.24, 2.45) is 0 Å². The molecule has 0 saturated carbocycles. The molecule has 0 bridgehead atoms. The minimum absolute atomic E-state index is 0.0155. The maximum Gasteiger partial charge on any atom is 0.271 e. The number of unbranched alkanes of at least 4 members (excludes halogenated alkanes) is 1. The van der Waals surface area contributed by atoms with E-state index in [9.17, 15) is 14.7 Å². The summed E-state index contributed by atoms with van der Waals surface area (Å²) in [5.41, 5.74) is 1.87. The van der Waals surface area contributed by atoms with Crippen molar-refractivity contribution in [3.63, 3.8) is 0 Å². The maximum absolute atomic E-state index is 13.3. The van der Waals surface area contributed by atoms with Crippen LogP contribution in [-0.2, 0) is 13.0 Å². The molecule has 5 heteroatoms. The van der Waals surface area contributed by atoms with Crippen molar-refractivity contribution >= 4 is 5.91 Å². The van der Waals surface area contributed by atoms with Crippen LogP contribution in [0, 0.1) is 0 Å². The van der Waals surface area contributed by atoms with E-state index in [4.69, 9.17) is 0 Å². The van der Waals surface area contributed by atoms with Crippen LogP contribution in [0.4, 0.5) is 0 Å². The van der Waals surface area contributed by atoms with Gasteiger partial charge in [0.05, 0.1) is 5.56 Å². The molecular weight excluding hydrogens is 364 g/mol. The molecule has 2 aromatic carbocycles. The van der Waals surface area contributed by atoms with Gasteiger partial charge in [-0.1, -0.05) is 74.0 Å². The predicted molar refractivity (Wildman–Crippen MR) is 115 cm³/mol. The zero-order valence-corrected chi connectivity index (χ0v) is 16.6. The van der Waals surface area contributed by atoms with Gasteiger partial charge in [-0.15, -0.1) is 0 Å². The lowest BCUT2D eigenvalue weighted by Gasteiger charge is -2.16. The first-order valence-electron chi connectivity index (χ1n) is 9.96. The fourth-order valence-corrected chi connectivity index (χ4v) is 3.28. The zero-order valence-electron chi connectivity index (χ0n) is 16.6. The molecule has 0 aliphatic carbocycles. The fraction of sp³-hybridized carbons (Fsp3) is 0.250. The van der Waals surface area contributed by atoms with Gasteiger partial charge in [0.1, 0.15) is 5.75 Å². The van der Waals surface area contributed by atoms with Gasteiger partial charge < -0.3 is 15.0 Å². The lowest BCUT2D eigenvalue weighted by Crippen LogP contribution is -2.34. The van der Waals surface area contributed by atoms with Gasteiger partial charge in [0.15, 0.2) is 5.69 Å². The highest BCUT2D eigenvalue weighted by atomic mass is 16.3. The monoisotopic (exact) mass is 390 g/mol. The number of carbonyl (C=O) groups excluding carboxylic acids is 1. The molecule has 150 valence electrons. The van der Waals surface area contributed by atoms with Crippen molar-refractivity contribution in [2.45, 2.75) is 32.7 Å². The molecule has 0 aliphatic heterocycles. The number of pyridine rings is 1. The third kappa shape index (κ3) is 4.93. The Morgan fingerprint density at radius 1 is 1.03 bits per heavy atom. The number of rotatable bonds is 8. The molecule has 5 nitrogen and oxygen atoms in total. The maximum atomic E-state index is 13.3. The Hall–Kier alpha value is -3.34. The average molecular weight is 390 g/mol. The first-order chi connectivity index (χ1) is 14.1. The minimum atomic E-state index is -0.430. The number of nitrogens with zero attached hydrogens (tertiary/aromatic N) is 1. The summed E-state index contributed by atoms with van der Waals surface area (Å²) < 4.78 is 1.39. The summed E-state index contributed by atoms with van der Waals surface area (Å²) in [6, 6.07) is 20.3. The molecule has 1 aromatic heterocycles. The van der Waals surface area contributed by atoms with E-state index in [2.05, 4.69) is 5.32 Å². The van der Waals surface area contributed by atoms with Crippen LogP contribution in [0.1, 0.15) is 35.8 Å². The molecule has 0 unspecified atom stereocenters. The molecule has 0 spiro atoms. The van der Waals surface area contributed by atoms with Crippen LogP contribution in [0.25, 0.3) is 11.1 Å². The van der Waals surface area contributed by atoms with Gasteiger partial charge in [-0.3, -0.25) is 9.59 Å². The Morgan fingerprint density at radius 2 is 1.69 bits per heavy atom. The molecule has 1 amide bonds. The van der Waals surface area contributed by atoms with Crippen molar-refractivity contribution in [1.29, 1.82) is 0 Å². The van der Waals surface area contributed by atoms with E-state index in [1.807, 2.05) is 67.6 Å². The van der Waals surface area contributed by atoms with Crippen LogP contribution in [-0.4, -0.2) is 22.1 Å². The average Bonchev–Trinajstić information content (AvgIpc) is 2.75. The highest BCUT2D eigenvalue weighted by molar-refractivity contribution is 5.95. The Morgan fingerprint density at radius 3 is 2.34 bits per heavy atom. The van der Waals surface area contributed by atoms with E-state index >= 15 is 0 Å². The summed E-state index contributed by atoms with van der Waals surface area (Å²) in [7, 11) is 0. The van der Waals surface area contributed by atoms with Crippen molar-refractivity contribution in [3.05, 3.63) is 88.3 Å². The molecule has 0 radical (unpaired) electrons. The lowest BCUT2D eigenvalue weighted by molar-refractivity contribution is 0.0939. The van der Waals surface area contributed by atoms with Crippen LogP contribution in [0.2, 0.25) is 0 Å². The van der Waals surface area contributed by atoms with Crippen LogP contribution in [0.15, 0.2) is 71.5 Å². The second-order valence-electron chi connectivity index (χ2n) is 6.96. The van der Waals surface area contributed by atoms with Crippen molar-refractivity contribution < 1.29 is 9.90 Å². The third-order valence-electron chi connectivity index (χ3n) is 4.85. The summed E-state index contributed by atoms with van der Waals surface area (Å²) in [6.45, 7) is 2.84. The number of hydrogen-bond donors (Lipinski definition) is 2. The van der Waals surface area contributed by atoms with E-state index in [-0.39, 0.29) is 17.0 Å². The number of carbonyl (C=O) groups is 1. The van der Waals surface area contributed by atoms with Gasteiger partial charge in [-0.05, 0) is 30.0 Å². The summed E-state index contributed by atoms with van der Waals surface area (Å²) in [5, 5.41) is 13.5. The summed E-state index contributed by atoms with van der Waals surface area (Å²) in [5.74, 6) is -0.619. The molecule has 0 fully saturated rings. The summed E-state index contributed by atoms with van der Waals surface area (Å²) in [4.78, 5) is 26.0.